The third-order valence-electron chi connectivity index (χ3n) is 5.36. The number of amides is 1. The van der Waals surface area contributed by atoms with E-state index < -0.39 is 23.5 Å². The molecule has 4 rings (SSSR count). The second kappa shape index (κ2) is 11.2. The molecule has 1 amide bonds. The molecular weight excluding hydrogens is 521 g/mol. The highest BCUT2D eigenvalue weighted by Gasteiger charge is 2.18. The van der Waals surface area contributed by atoms with Crippen molar-refractivity contribution < 1.29 is 23.8 Å². The molecule has 202 valence electrons. The molecule has 3 N–H and O–H groups in total. The Morgan fingerprint density at radius 2 is 1.77 bits per heavy atom. The van der Waals surface area contributed by atoms with Crippen molar-refractivity contribution in [3.8, 4) is 0 Å². The summed E-state index contributed by atoms with van der Waals surface area (Å²) >= 11 is 1.37. The van der Waals surface area contributed by atoms with Gasteiger partial charge in [-0.2, -0.15) is 0 Å². The number of carbonyl (C=O) groups excluding carboxylic acids is 1. The average Bonchev–Trinajstić information content (AvgIpc) is 2.84. The van der Waals surface area contributed by atoms with E-state index in [1.54, 1.807) is 39.0 Å². The van der Waals surface area contributed by atoms with Crippen molar-refractivity contribution in [2.45, 2.75) is 55.9 Å². The van der Waals surface area contributed by atoms with Crippen molar-refractivity contribution in [1.29, 1.82) is 0 Å². The fourth-order valence-electron chi connectivity index (χ4n) is 3.61. The summed E-state index contributed by atoms with van der Waals surface area (Å²) in [5.74, 6) is -1.39. The van der Waals surface area contributed by atoms with Crippen molar-refractivity contribution >= 4 is 52.1 Å². The lowest BCUT2D eigenvalue weighted by Crippen LogP contribution is -2.27. The van der Waals surface area contributed by atoms with Gasteiger partial charge in [0.05, 0.1) is 22.3 Å². The summed E-state index contributed by atoms with van der Waals surface area (Å²) in [6.45, 7) is 9.05. The van der Waals surface area contributed by atoms with Crippen LogP contribution < -0.4 is 10.6 Å². The number of aromatic nitrogens is 3. The lowest BCUT2D eigenvalue weighted by atomic mass is 10.1. The van der Waals surface area contributed by atoms with Crippen LogP contribution in [0.1, 0.15) is 56.6 Å². The molecule has 4 aromatic rings. The fraction of sp³-hybridized carbons (Fsp3) is 0.250. The quantitative estimate of drug-likeness (QED) is 0.219. The number of nitrogens with one attached hydrogen (secondary N) is 2. The van der Waals surface area contributed by atoms with Gasteiger partial charge in [0.25, 0.3) is 0 Å². The van der Waals surface area contributed by atoms with E-state index in [0.29, 0.717) is 38.8 Å². The molecule has 39 heavy (non-hydrogen) atoms. The van der Waals surface area contributed by atoms with E-state index in [2.05, 4.69) is 25.6 Å². The van der Waals surface area contributed by atoms with Crippen LogP contribution in [0.2, 0.25) is 0 Å². The Balaban J connectivity index is 1.63. The number of benzene rings is 2. The fourth-order valence-corrected chi connectivity index (χ4v) is 4.50. The van der Waals surface area contributed by atoms with E-state index in [1.807, 2.05) is 26.0 Å². The number of hydrogen-bond acceptors (Lipinski definition) is 8. The van der Waals surface area contributed by atoms with Crippen molar-refractivity contribution in [3.63, 3.8) is 0 Å². The molecule has 0 aliphatic carbocycles. The number of anilines is 3. The van der Waals surface area contributed by atoms with Gasteiger partial charge in [0.15, 0.2) is 5.65 Å². The smallest absolute Gasteiger partial charge is 0.412 e. The third-order valence-corrected chi connectivity index (χ3v) is 6.44. The number of nitrogens with zero attached hydrogens (tertiary/aromatic N) is 3. The van der Waals surface area contributed by atoms with Crippen LogP contribution in [-0.2, 0) is 4.74 Å². The molecule has 2 aromatic carbocycles. The lowest BCUT2D eigenvalue weighted by molar-refractivity contribution is 0.0634. The van der Waals surface area contributed by atoms with Crippen LogP contribution in [0.3, 0.4) is 0 Å². The molecular formula is C28H28FN5O4S. The molecule has 0 saturated heterocycles. The number of carbonyl (C=O) groups is 2. The van der Waals surface area contributed by atoms with Gasteiger partial charge in [0.1, 0.15) is 23.6 Å². The van der Waals surface area contributed by atoms with Gasteiger partial charge in [-0.1, -0.05) is 25.6 Å². The molecule has 0 aliphatic heterocycles. The average molecular weight is 550 g/mol. The van der Waals surface area contributed by atoms with Gasteiger partial charge in [0.2, 0.25) is 0 Å². The number of halogens is 1. The second-order valence-electron chi connectivity index (χ2n) is 10.00. The molecule has 0 spiro atoms. The Morgan fingerprint density at radius 1 is 1.05 bits per heavy atom. The van der Waals surface area contributed by atoms with Crippen molar-refractivity contribution in [3.05, 3.63) is 71.9 Å². The minimum absolute atomic E-state index is 0.0727. The summed E-state index contributed by atoms with van der Waals surface area (Å²) in [5, 5.41) is 15.8. The third kappa shape index (κ3) is 6.99. The number of rotatable bonds is 7. The van der Waals surface area contributed by atoms with Crippen LogP contribution in [0.4, 0.5) is 26.4 Å². The molecule has 0 aliphatic rings. The van der Waals surface area contributed by atoms with E-state index in [9.17, 15) is 19.1 Å². The van der Waals surface area contributed by atoms with Crippen molar-refractivity contribution in [1.82, 2.24) is 15.0 Å². The molecule has 0 radical (unpaired) electrons. The van der Waals surface area contributed by atoms with E-state index in [4.69, 9.17) is 4.74 Å². The SMILES string of the molecule is CC(C)c1nc2ncnc(Nc3cc(C(=O)O)ccc3Sc3ccc(NC(=O)OC(C)(C)C)cc3)c2cc1F. The maximum atomic E-state index is 14.8. The van der Waals surface area contributed by atoms with Crippen LogP contribution in [-0.4, -0.2) is 37.7 Å². The Bertz CT molecular complexity index is 1540. The van der Waals surface area contributed by atoms with Crippen LogP contribution in [0.25, 0.3) is 11.0 Å². The first-order valence-corrected chi connectivity index (χ1v) is 12.9. The summed E-state index contributed by atoms with van der Waals surface area (Å²) in [7, 11) is 0. The van der Waals surface area contributed by atoms with Gasteiger partial charge in [0, 0.05) is 15.5 Å². The van der Waals surface area contributed by atoms with E-state index in [1.165, 1.54) is 36.3 Å². The zero-order valence-electron chi connectivity index (χ0n) is 22.1. The number of hydrogen-bond donors (Lipinski definition) is 3. The van der Waals surface area contributed by atoms with Crippen LogP contribution in [0, 0.1) is 5.82 Å². The number of ether oxygens (including phenoxy) is 1. The summed E-state index contributed by atoms with van der Waals surface area (Å²) in [6, 6.07) is 13.1. The Hall–Kier alpha value is -4.25. The Kier molecular flexibility index (Phi) is 8.01. The molecule has 0 atom stereocenters. The van der Waals surface area contributed by atoms with Gasteiger partial charge >= 0.3 is 12.1 Å². The summed E-state index contributed by atoms with van der Waals surface area (Å²) < 4.78 is 20.0. The zero-order valence-corrected chi connectivity index (χ0v) is 22.9. The lowest BCUT2D eigenvalue weighted by Gasteiger charge is -2.19. The summed E-state index contributed by atoms with van der Waals surface area (Å²) in [5.41, 5.74) is 1.12. The van der Waals surface area contributed by atoms with E-state index in [-0.39, 0.29) is 11.5 Å². The summed E-state index contributed by atoms with van der Waals surface area (Å²) in [6.07, 6.45) is 0.770. The maximum Gasteiger partial charge on any atom is 0.412 e. The molecule has 2 heterocycles. The Labute approximate surface area is 229 Å². The van der Waals surface area contributed by atoms with Gasteiger partial charge in [-0.15, -0.1) is 0 Å². The van der Waals surface area contributed by atoms with Crippen molar-refractivity contribution in [2.75, 3.05) is 10.6 Å². The standard InChI is InChI=1S/C28H28FN5O4S/c1-15(2)23-20(29)13-19-24(30-14-31-25(19)34-23)33-21-12-16(26(35)36)6-11-22(21)39-18-9-7-17(8-10-18)32-27(37)38-28(3,4)5/h6-15H,1-5H3,(H,32,37)(H,35,36)(H,30,31,33,34). The van der Waals surface area contributed by atoms with Crippen LogP contribution >= 0.6 is 11.8 Å². The first kappa shape index (κ1) is 27.8. The minimum Gasteiger partial charge on any atom is -0.478 e. The topological polar surface area (TPSA) is 126 Å². The molecule has 0 fully saturated rings. The molecule has 0 bridgehead atoms. The molecule has 0 saturated carbocycles. The first-order valence-electron chi connectivity index (χ1n) is 12.1. The van der Waals surface area contributed by atoms with E-state index >= 15 is 0 Å². The van der Waals surface area contributed by atoms with Crippen molar-refractivity contribution in [2.24, 2.45) is 0 Å². The highest BCUT2D eigenvalue weighted by Crippen LogP contribution is 2.37. The predicted molar refractivity (Wildman–Crippen MR) is 148 cm³/mol. The number of carboxylic acid groups (broad SMARTS) is 1. The summed E-state index contributed by atoms with van der Waals surface area (Å²) in [4.78, 5) is 38.1. The zero-order chi connectivity index (χ0) is 28.3. The number of carboxylic acids is 1. The normalized spacial score (nSPS) is 11.5. The monoisotopic (exact) mass is 549 g/mol. The van der Waals surface area contributed by atoms with Gasteiger partial charge in [-0.3, -0.25) is 5.32 Å². The largest absolute Gasteiger partial charge is 0.478 e. The minimum atomic E-state index is -1.09. The highest BCUT2D eigenvalue weighted by molar-refractivity contribution is 7.99. The molecule has 11 heteroatoms. The number of fused-ring (bicyclic) bond motifs is 1. The second-order valence-corrected chi connectivity index (χ2v) is 11.1. The van der Waals surface area contributed by atoms with E-state index in [0.717, 1.165) is 4.90 Å². The predicted octanol–water partition coefficient (Wildman–Crippen LogP) is 7.23. The van der Waals surface area contributed by atoms with Crippen LogP contribution in [0.5, 0.6) is 0 Å². The number of aromatic carboxylic acids is 1. The number of pyridine rings is 1. The van der Waals surface area contributed by atoms with Gasteiger partial charge in [-0.25, -0.2) is 28.9 Å². The molecule has 2 aromatic heterocycles. The van der Waals surface area contributed by atoms with Crippen LogP contribution in [0.15, 0.2) is 64.6 Å². The van der Waals surface area contributed by atoms with Gasteiger partial charge in [-0.05, 0) is 75.2 Å². The maximum absolute atomic E-state index is 14.8. The Morgan fingerprint density at radius 3 is 2.41 bits per heavy atom. The van der Waals surface area contributed by atoms with Gasteiger partial charge < -0.3 is 15.2 Å². The molecule has 9 nitrogen and oxygen atoms in total. The first-order chi connectivity index (χ1) is 18.4. The molecule has 0 unspecified atom stereocenters. The highest BCUT2D eigenvalue weighted by atomic mass is 32.2.